The van der Waals surface area contributed by atoms with Gasteiger partial charge in [0.15, 0.2) is 5.82 Å². The molecule has 4 heteroatoms. The predicted molar refractivity (Wildman–Crippen MR) is 90.7 cm³/mol. The van der Waals surface area contributed by atoms with Gasteiger partial charge in [0.05, 0.1) is 18.8 Å². The highest BCUT2D eigenvalue weighted by Gasteiger charge is 2.35. The number of fused-ring (bicyclic) bond motifs is 3. The number of benzene rings is 1. The minimum absolute atomic E-state index is 0.0445. The van der Waals surface area contributed by atoms with E-state index in [0.29, 0.717) is 0 Å². The third-order valence-electron chi connectivity index (χ3n) is 5.28. The molecule has 0 unspecified atom stereocenters. The zero-order valence-electron chi connectivity index (χ0n) is 13.9. The van der Waals surface area contributed by atoms with Crippen LogP contribution < -0.4 is 10.5 Å². The van der Waals surface area contributed by atoms with Gasteiger partial charge < -0.3 is 9.88 Å². The lowest BCUT2D eigenvalue weighted by Gasteiger charge is -2.32. The molecule has 120 valence electrons. The van der Waals surface area contributed by atoms with E-state index in [1.165, 1.54) is 36.4 Å². The van der Waals surface area contributed by atoms with E-state index in [9.17, 15) is 4.79 Å². The summed E-state index contributed by atoms with van der Waals surface area (Å²) in [6.45, 7) is 7.48. The Morgan fingerprint density at radius 3 is 2.74 bits per heavy atom. The minimum Gasteiger partial charge on any atom is -0.329 e. The highest BCUT2D eigenvalue weighted by molar-refractivity contribution is 5.71. The summed E-state index contributed by atoms with van der Waals surface area (Å²) in [6, 6.07) is 8.37. The fourth-order valence-electron chi connectivity index (χ4n) is 4.18. The number of aromatic nitrogens is 2. The quantitative estimate of drug-likeness (QED) is 0.882. The zero-order chi connectivity index (χ0) is 16.0. The number of likely N-dealkylation sites (tertiary alicyclic amines) is 1. The molecular weight excluding hydrogens is 286 g/mol. The van der Waals surface area contributed by atoms with Crippen molar-refractivity contribution in [3.63, 3.8) is 0 Å². The van der Waals surface area contributed by atoms with Gasteiger partial charge in [0.1, 0.15) is 6.54 Å². The van der Waals surface area contributed by atoms with Crippen LogP contribution >= 0.6 is 0 Å². The number of hydrogen-bond donors (Lipinski definition) is 2. The molecule has 0 bridgehead atoms. The van der Waals surface area contributed by atoms with Crippen molar-refractivity contribution in [1.29, 1.82) is 0 Å². The number of H-pyrrole nitrogens is 1. The summed E-state index contributed by atoms with van der Waals surface area (Å²) >= 11 is 0. The number of nitrogens with one attached hydrogen (secondary N) is 2. The third kappa shape index (κ3) is 2.51. The lowest BCUT2D eigenvalue weighted by molar-refractivity contribution is -0.902. The van der Waals surface area contributed by atoms with E-state index in [0.717, 1.165) is 35.6 Å². The van der Waals surface area contributed by atoms with Crippen LogP contribution in [0.3, 0.4) is 0 Å². The number of aromatic amines is 1. The standard InChI is InChI=1S/C19H23N3O/c1-19(2)11-13-7-3-4-8-14(13)17-16(19)18(23)21-15(20-17)12-22-9-5-6-10-22/h3-4,7-8H,5-6,9-12H2,1-2H3,(H,20,21,23)/p+1. The van der Waals surface area contributed by atoms with Crippen LogP contribution in [0.4, 0.5) is 0 Å². The van der Waals surface area contributed by atoms with Gasteiger partial charge in [-0.2, -0.15) is 0 Å². The van der Waals surface area contributed by atoms with Gasteiger partial charge in [0.25, 0.3) is 5.56 Å². The molecule has 0 spiro atoms. The Bertz CT molecular complexity index is 801. The summed E-state index contributed by atoms with van der Waals surface area (Å²) in [5, 5.41) is 0. The summed E-state index contributed by atoms with van der Waals surface area (Å²) in [4.78, 5) is 22.3. The number of hydrogen-bond acceptors (Lipinski definition) is 2. The van der Waals surface area contributed by atoms with Crippen molar-refractivity contribution in [2.45, 2.75) is 45.1 Å². The molecular formula is C19H24N3O+. The van der Waals surface area contributed by atoms with Crippen molar-refractivity contribution in [3.05, 3.63) is 51.6 Å². The van der Waals surface area contributed by atoms with Crippen LogP contribution in [0, 0.1) is 0 Å². The molecule has 2 heterocycles. The van der Waals surface area contributed by atoms with E-state index in [-0.39, 0.29) is 11.0 Å². The Kier molecular flexibility index (Phi) is 3.38. The largest absolute Gasteiger partial charge is 0.329 e. The maximum absolute atomic E-state index is 12.8. The van der Waals surface area contributed by atoms with Crippen LogP contribution in [-0.4, -0.2) is 23.1 Å². The van der Waals surface area contributed by atoms with Crippen molar-refractivity contribution in [2.75, 3.05) is 13.1 Å². The lowest BCUT2D eigenvalue weighted by Crippen LogP contribution is -3.08. The summed E-state index contributed by atoms with van der Waals surface area (Å²) in [5.41, 5.74) is 4.03. The van der Waals surface area contributed by atoms with Crippen LogP contribution in [0.25, 0.3) is 11.3 Å². The summed E-state index contributed by atoms with van der Waals surface area (Å²) in [6.07, 6.45) is 3.44. The van der Waals surface area contributed by atoms with Crippen LogP contribution in [0.5, 0.6) is 0 Å². The Labute approximate surface area is 136 Å². The molecule has 4 nitrogen and oxygen atoms in total. The van der Waals surface area contributed by atoms with Gasteiger partial charge in [-0.15, -0.1) is 0 Å². The lowest BCUT2D eigenvalue weighted by atomic mass is 9.72. The van der Waals surface area contributed by atoms with E-state index in [1.54, 1.807) is 0 Å². The molecule has 0 saturated carbocycles. The van der Waals surface area contributed by atoms with E-state index in [1.807, 2.05) is 6.07 Å². The molecule has 1 aromatic heterocycles. The van der Waals surface area contributed by atoms with Crippen molar-refractivity contribution in [2.24, 2.45) is 0 Å². The van der Waals surface area contributed by atoms with Crippen LogP contribution in [0.2, 0.25) is 0 Å². The molecule has 0 atom stereocenters. The molecule has 4 rings (SSSR count). The van der Waals surface area contributed by atoms with Crippen molar-refractivity contribution in [1.82, 2.24) is 9.97 Å². The zero-order valence-corrected chi connectivity index (χ0v) is 13.9. The van der Waals surface area contributed by atoms with Crippen molar-refractivity contribution in [3.8, 4) is 11.3 Å². The third-order valence-corrected chi connectivity index (χ3v) is 5.28. The van der Waals surface area contributed by atoms with Gasteiger partial charge >= 0.3 is 0 Å². The fourth-order valence-corrected chi connectivity index (χ4v) is 4.18. The van der Waals surface area contributed by atoms with Crippen LogP contribution in [0.1, 0.15) is 43.6 Å². The van der Waals surface area contributed by atoms with E-state index in [4.69, 9.17) is 4.98 Å². The highest BCUT2D eigenvalue weighted by Crippen LogP contribution is 2.39. The number of rotatable bonds is 2. The summed E-state index contributed by atoms with van der Waals surface area (Å²) in [5.74, 6) is 0.832. The Morgan fingerprint density at radius 2 is 1.96 bits per heavy atom. The van der Waals surface area contributed by atoms with E-state index >= 15 is 0 Å². The minimum atomic E-state index is -0.177. The second-order valence-corrected chi connectivity index (χ2v) is 7.59. The maximum Gasteiger partial charge on any atom is 0.255 e. The first-order valence-electron chi connectivity index (χ1n) is 8.60. The smallest absolute Gasteiger partial charge is 0.255 e. The summed E-state index contributed by atoms with van der Waals surface area (Å²) < 4.78 is 0. The summed E-state index contributed by atoms with van der Waals surface area (Å²) in [7, 11) is 0. The molecule has 0 amide bonds. The molecule has 2 aliphatic rings. The second-order valence-electron chi connectivity index (χ2n) is 7.59. The average molecular weight is 310 g/mol. The SMILES string of the molecule is CC1(C)Cc2ccccc2-c2nc(C[NH+]3CCCC3)[nH]c(=O)c21. The molecule has 0 radical (unpaired) electrons. The first-order valence-corrected chi connectivity index (χ1v) is 8.60. The molecule has 1 aliphatic heterocycles. The first-order chi connectivity index (χ1) is 11.0. The number of quaternary nitrogens is 1. The molecule has 1 aromatic carbocycles. The van der Waals surface area contributed by atoms with Crippen LogP contribution in [0.15, 0.2) is 29.1 Å². The topological polar surface area (TPSA) is 50.2 Å². The van der Waals surface area contributed by atoms with E-state index in [2.05, 4.69) is 37.0 Å². The fraction of sp³-hybridized carbons (Fsp3) is 0.474. The second kappa shape index (κ2) is 5.31. The normalized spacial score (nSPS) is 19.4. The van der Waals surface area contributed by atoms with Gasteiger partial charge in [-0.3, -0.25) is 4.79 Å². The monoisotopic (exact) mass is 310 g/mol. The molecule has 2 aromatic rings. The molecule has 1 aliphatic carbocycles. The van der Waals surface area contributed by atoms with Gasteiger partial charge in [0.2, 0.25) is 0 Å². The molecule has 23 heavy (non-hydrogen) atoms. The van der Waals surface area contributed by atoms with Crippen molar-refractivity contribution >= 4 is 0 Å². The highest BCUT2D eigenvalue weighted by atomic mass is 16.1. The Hall–Kier alpha value is -1.94. The van der Waals surface area contributed by atoms with Gasteiger partial charge in [-0.25, -0.2) is 4.98 Å². The van der Waals surface area contributed by atoms with Crippen molar-refractivity contribution < 1.29 is 4.90 Å². The van der Waals surface area contributed by atoms with Gasteiger partial charge in [-0.05, 0) is 12.0 Å². The molecule has 2 N–H and O–H groups in total. The Morgan fingerprint density at radius 1 is 1.22 bits per heavy atom. The molecule has 1 saturated heterocycles. The maximum atomic E-state index is 12.8. The van der Waals surface area contributed by atoms with Gasteiger partial charge in [0, 0.05) is 29.4 Å². The predicted octanol–water partition coefficient (Wildman–Crippen LogP) is 1.45. The van der Waals surface area contributed by atoms with Crippen LogP contribution in [-0.2, 0) is 18.4 Å². The van der Waals surface area contributed by atoms with E-state index < -0.39 is 0 Å². The Balaban J connectivity index is 1.85. The molecule has 1 fully saturated rings. The first kappa shape index (κ1) is 14.6. The van der Waals surface area contributed by atoms with Gasteiger partial charge in [-0.1, -0.05) is 38.1 Å². The average Bonchev–Trinajstić information content (AvgIpc) is 2.99. The number of nitrogens with zero attached hydrogens (tertiary/aromatic N) is 1.